The normalized spacial score (nSPS) is 23.9. The van der Waals surface area contributed by atoms with E-state index in [0.717, 1.165) is 29.4 Å². The topological polar surface area (TPSA) is 43.8 Å². The number of hydrogen-bond acceptors (Lipinski definition) is 2. The van der Waals surface area contributed by atoms with Crippen molar-refractivity contribution in [3.05, 3.63) is 21.8 Å². The van der Waals surface area contributed by atoms with Crippen LogP contribution in [0.4, 0.5) is 5.95 Å². The van der Waals surface area contributed by atoms with Gasteiger partial charge in [0.25, 0.3) is 0 Å². The molecule has 3 rings (SSSR count). The van der Waals surface area contributed by atoms with Crippen LogP contribution >= 0.6 is 22.6 Å². The SMILES string of the molecule is CC1CC1Cn1c(N)nc2cc(I)ccc21. The number of aromatic nitrogens is 2. The minimum Gasteiger partial charge on any atom is -0.369 e. The quantitative estimate of drug-likeness (QED) is 0.862. The van der Waals surface area contributed by atoms with Crippen molar-refractivity contribution in [3.8, 4) is 0 Å². The molecule has 2 N–H and O–H groups in total. The molecule has 2 aromatic rings. The van der Waals surface area contributed by atoms with Gasteiger partial charge in [-0.15, -0.1) is 0 Å². The van der Waals surface area contributed by atoms with Gasteiger partial charge in [0.1, 0.15) is 0 Å². The Morgan fingerprint density at radius 3 is 3.00 bits per heavy atom. The number of benzene rings is 1. The Bertz CT molecular complexity index is 546. The van der Waals surface area contributed by atoms with Crippen LogP contribution in [0, 0.1) is 15.4 Å². The molecule has 1 heterocycles. The average Bonchev–Trinajstić information content (AvgIpc) is 2.82. The molecule has 1 saturated carbocycles. The van der Waals surface area contributed by atoms with Crippen LogP contribution in [0.15, 0.2) is 18.2 Å². The van der Waals surface area contributed by atoms with Crippen LogP contribution < -0.4 is 5.73 Å². The number of halogens is 1. The van der Waals surface area contributed by atoms with Crippen LogP contribution in [0.25, 0.3) is 11.0 Å². The van der Waals surface area contributed by atoms with Crippen molar-refractivity contribution < 1.29 is 0 Å². The highest BCUT2D eigenvalue weighted by Gasteiger charge is 2.33. The summed E-state index contributed by atoms with van der Waals surface area (Å²) in [5.41, 5.74) is 8.15. The van der Waals surface area contributed by atoms with E-state index in [1.54, 1.807) is 0 Å². The number of anilines is 1. The van der Waals surface area contributed by atoms with Crippen LogP contribution in [0.2, 0.25) is 0 Å². The fourth-order valence-corrected chi connectivity index (χ4v) is 2.68. The zero-order chi connectivity index (χ0) is 11.3. The Labute approximate surface area is 108 Å². The maximum atomic E-state index is 5.97. The van der Waals surface area contributed by atoms with Gasteiger partial charge in [0, 0.05) is 10.1 Å². The molecule has 3 nitrogen and oxygen atoms in total. The molecule has 0 aliphatic heterocycles. The predicted molar refractivity (Wildman–Crippen MR) is 74.1 cm³/mol. The van der Waals surface area contributed by atoms with E-state index in [9.17, 15) is 0 Å². The lowest BCUT2D eigenvalue weighted by molar-refractivity contribution is 0.613. The Balaban J connectivity index is 2.05. The Hall–Kier alpha value is -0.780. The molecular weight excluding hydrogens is 313 g/mol. The number of rotatable bonds is 2. The molecule has 0 radical (unpaired) electrons. The van der Waals surface area contributed by atoms with Crippen molar-refractivity contribution in [3.63, 3.8) is 0 Å². The number of fused-ring (bicyclic) bond motifs is 1. The van der Waals surface area contributed by atoms with Crippen LogP contribution in [0.3, 0.4) is 0 Å². The first kappa shape index (κ1) is 10.4. The number of hydrogen-bond donors (Lipinski definition) is 1. The molecule has 84 valence electrons. The third kappa shape index (κ3) is 1.69. The highest BCUT2D eigenvalue weighted by Crippen LogP contribution is 2.40. The fraction of sp³-hybridized carbons (Fsp3) is 0.417. The Morgan fingerprint density at radius 1 is 1.56 bits per heavy atom. The van der Waals surface area contributed by atoms with Crippen molar-refractivity contribution in [1.82, 2.24) is 9.55 Å². The van der Waals surface area contributed by atoms with Gasteiger partial charge in [-0.25, -0.2) is 4.98 Å². The molecular formula is C12H14IN3. The molecule has 1 aliphatic carbocycles. The van der Waals surface area contributed by atoms with Gasteiger partial charge in [0.15, 0.2) is 0 Å². The highest BCUT2D eigenvalue weighted by molar-refractivity contribution is 14.1. The summed E-state index contributed by atoms with van der Waals surface area (Å²) in [5, 5.41) is 0. The van der Waals surface area contributed by atoms with Crippen molar-refractivity contribution in [1.29, 1.82) is 0 Å². The molecule has 4 heteroatoms. The van der Waals surface area contributed by atoms with E-state index in [-0.39, 0.29) is 0 Å². The summed E-state index contributed by atoms with van der Waals surface area (Å²) in [6.45, 7) is 3.31. The van der Waals surface area contributed by atoms with Gasteiger partial charge < -0.3 is 10.3 Å². The molecule has 1 fully saturated rings. The predicted octanol–water partition coefficient (Wildman–Crippen LogP) is 2.88. The van der Waals surface area contributed by atoms with E-state index in [2.05, 4.69) is 57.3 Å². The van der Waals surface area contributed by atoms with Gasteiger partial charge in [-0.3, -0.25) is 0 Å². The molecule has 0 spiro atoms. The minimum atomic E-state index is 0.649. The molecule has 0 saturated heterocycles. The number of nitrogen functional groups attached to an aromatic ring is 1. The second kappa shape index (κ2) is 3.61. The van der Waals surface area contributed by atoms with Gasteiger partial charge in [0.05, 0.1) is 11.0 Å². The van der Waals surface area contributed by atoms with Crippen LogP contribution in [0.1, 0.15) is 13.3 Å². The summed E-state index contributed by atoms with van der Waals surface area (Å²) in [6.07, 6.45) is 1.32. The van der Waals surface area contributed by atoms with E-state index in [1.165, 1.54) is 9.99 Å². The summed E-state index contributed by atoms with van der Waals surface area (Å²) in [5.74, 6) is 2.29. The Kier molecular flexibility index (Phi) is 2.34. The van der Waals surface area contributed by atoms with Gasteiger partial charge in [-0.2, -0.15) is 0 Å². The average molecular weight is 327 g/mol. The third-order valence-corrected chi connectivity index (χ3v) is 4.10. The molecule has 1 aromatic heterocycles. The number of imidazole rings is 1. The molecule has 1 aliphatic rings. The van der Waals surface area contributed by atoms with Crippen molar-refractivity contribution in [2.75, 3.05) is 5.73 Å². The zero-order valence-corrected chi connectivity index (χ0v) is 11.3. The van der Waals surface area contributed by atoms with Crippen molar-refractivity contribution >= 4 is 39.6 Å². The highest BCUT2D eigenvalue weighted by atomic mass is 127. The first-order valence-electron chi connectivity index (χ1n) is 5.56. The van der Waals surface area contributed by atoms with E-state index in [1.807, 2.05) is 0 Å². The molecule has 2 unspecified atom stereocenters. The van der Waals surface area contributed by atoms with Crippen molar-refractivity contribution in [2.45, 2.75) is 19.9 Å². The summed E-state index contributed by atoms with van der Waals surface area (Å²) in [4.78, 5) is 4.42. The van der Waals surface area contributed by atoms with Gasteiger partial charge in [-0.05, 0) is 59.0 Å². The summed E-state index contributed by atoms with van der Waals surface area (Å²) in [7, 11) is 0. The van der Waals surface area contributed by atoms with E-state index < -0.39 is 0 Å². The summed E-state index contributed by atoms with van der Waals surface area (Å²) < 4.78 is 3.36. The van der Waals surface area contributed by atoms with Gasteiger partial charge in [-0.1, -0.05) is 6.92 Å². The lowest BCUT2D eigenvalue weighted by Crippen LogP contribution is -2.05. The Morgan fingerprint density at radius 2 is 2.31 bits per heavy atom. The van der Waals surface area contributed by atoms with E-state index >= 15 is 0 Å². The number of nitrogens with two attached hydrogens (primary N) is 1. The van der Waals surface area contributed by atoms with Crippen LogP contribution in [-0.4, -0.2) is 9.55 Å². The minimum absolute atomic E-state index is 0.649. The fourth-order valence-electron chi connectivity index (χ4n) is 2.20. The molecule has 1 aromatic carbocycles. The second-order valence-electron chi connectivity index (χ2n) is 4.69. The van der Waals surface area contributed by atoms with Gasteiger partial charge >= 0.3 is 0 Å². The first-order valence-corrected chi connectivity index (χ1v) is 6.64. The maximum Gasteiger partial charge on any atom is 0.201 e. The van der Waals surface area contributed by atoms with Gasteiger partial charge in [0.2, 0.25) is 5.95 Å². The lowest BCUT2D eigenvalue weighted by Gasteiger charge is -2.05. The third-order valence-electron chi connectivity index (χ3n) is 3.43. The smallest absolute Gasteiger partial charge is 0.201 e. The molecule has 16 heavy (non-hydrogen) atoms. The standard InChI is InChI=1S/C12H14IN3/c1-7-4-8(7)6-16-11-3-2-9(13)5-10(11)15-12(16)14/h2-3,5,7-8H,4,6H2,1H3,(H2,14,15). The maximum absolute atomic E-state index is 5.97. The largest absolute Gasteiger partial charge is 0.369 e. The first-order chi connectivity index (χ1) is 7.65. The van der Waals surface area contributed by atoms with Crippen molar-refractivity contribution in [2.24, 2.45) is 11.8 Å². The zero-order valence-electron chi connectivity index (χ0n) is 9.15. The summed E-state index contributed by atoms with van der Waals surface area (Å²) in [6, 6.07) is 6.31. The van der Waals surface area contributed by atoms with E-state index in [4.69, 9.17) is 5.73 Å². The van der Waals surface area contributed by atoms with Crippen LogP contribution in [0.5, 0.6) is 0 Å². The molecule has 0 amide bonds. The van der Waals surface area contributed by atoms with Crippen LogP contribution in [-0.2, 0) is 6.54 Å². The lowest BCUT2D eigenvalue weighted by atomic mass is 10.3. The molecule has 2 atom stereocenters. The number of nitrogens with zero attached hydrogens (tertiary/aromatic N) is 2. The molecule has 0 bridgehead atoms. The second-order valence-corrected chi connectivity index (χ2v) is 5.93. The monoisotopic (exact) mass is 327 g/mol. The summed E-state index contributed by atoms with van der Waals surface area (Å²) >= 11 is 2.30. The van der Waals surface area contributed by atoms with E-state index in [0.29, 0.717) is 5.95 Å².